The van der Waals surface area contributed by atoms with E-state index < -0.39 is 5.97 Å². The number of aromatic carboxylic acids is 1. The van der Waals surface area contributed by atoms with Gasteiger partial charge in [0.1, 0.15) is 0 Å². The van der Waals surface area contributed by atoms with Crippen molar-refractivity contribution >= 4 is 17.6 Å². The Balaban J connectivity index is 1.88. The van der Waals surface area contributed by atoms with E-state index in [2.05, 4.69) is 10.3 Å². The smallest absolute Gasteiger partial charge is 0.356 e. The highest BCUT2D eigenvalue weighted by atomic mass is 16.4. The normalized spacial score (nSPS) is 10.3. The number of carboxylic acids is 1. The molecule has 2 aromatic rings. The summed E-state index contributed by atoms with van der Waals surface area (Å²) in [6.07, 6.45) is 2.84. The van der Waals surface area contributed by atoms with E-state index in [9.17, 15) is 9.59 Å². The summed E-state index contributed by atoms with van der Waals surface area (Å²) in [7, 11) is 0. The molecule has 110 valence electrons. The zero-order valence-corrected chi connectivity index (χ0v) is 11.5. The van der Waals surface area contributed by atoms with Crippen LogP contribution in [0.2, 0.25) is 0 Å². The van der Waals surface area contributed by atoms with E-state index in [-0.39, 0.29) is 11.6 Å². The van der Waals surface area contributed by atoms with Crippen molar-refractivity contribution in [2.75, 3.05) is 12.3 Å². The molecule has 0 saturated heterocycles. The van der Waals surface area contributed by atoms with Crippen LogP contribution in [-0.4, -0.2) is 33.1 Å². The van der Waals surface area contributed by atoms with Crippen molar-refractivity contribution in [2.45, 2.75) is 13.5 Å². The van der Waals surface area contributed by atoms with Crippen molar-refractivity contribution in [1.82, 2.24) is 14.9 Å². The largest absolute Gasteiger partial charge is 0.476 e. The molecule has 0 radical (unpaired) electrons. The number of nitrogens with one attached hydrogen (secondary N) is 1. The molecule has 0 aliphatic carbocycles. The van der Waals surface area contributed by atoms with Crippen molar-refractivity contribution in [1.29, 1.82) is 0 Å². The number of nitrogens with zero attached hydrogens (tertiary/aromatic N) is 2. The van der Waals surface area contributed by atoms with Crippen LogP contribution >= 0.6 is 0 Å². The second kappa shape index (κ2) is 6.08. The third kappa shape index (κ3) is 3.59. The van der Waals surface area contributed by atoms with Crippen LogP contribution in [-0.2, 0) is 6.54 Å². The maximum atomic E-state index is 11.9. The predicted molar refractivity (Wildman–Crippen MR) is 77.1 cm³/mol. The average molecular weight is 288 g/mol. The molecular formula is C14H16N4O3. The third-order valence-electron chi connectivity index (χ3n) is 3.04. The number of carbonyl (C=O) groups is 2. The first-order valence-corrected chi connectivity index (χ1v) is 6.37. The van der Waals surface area contributed by atoms with E-state index in [1.165, 1.54) is 12.5 Å². The summed E-state index contributed by atoms with van der Waals surface area (Å²) in [4.78, 5) is 26.4. The van der Waals surface area contributed by atoms with Crippen LogP contribution in [0.15, 0.2) is 30.7 Å². The van der Waals surface area contributed by atoms with Crippen molar-refractivity contribution in [3.8, 4) is 0 Å². The number of amides is 1. The summed E-state index contributed by atoms with van der Waals surface area (Å²) < 4.78 is 1.61. The Morgan fingerprint density at radius 2 is 2.19 bits per heavy atom. The lowest BCUT2D eigenvalue weighted by Crippen LogP contribution is -2.27. The van der Waals surface area contributed by atoms with E-state index in [0.717, 1.165) is 5.56 Å². The van der Waals surface area contributed by atoms with E-state index in [4.69, 9.17) is 10.8 Å². The molecule has 0 unspecified atom stereocenters. The molecule has 0 bridgehead atoms. The number of aryl methyl sites for hydroxylation is 1. The topological polar surface area (TPSA) is 110 Å². The number of carbonyl (C=O) groups excluding carboxylic acids is 1. The minimum Gasteiger partial charge on any atom is -0.476 e. The number of rotatable bonds is 5. The number of imidazole rings is 1. The second-order valence-corrected chi connectivity index (χ2v) is 4.63. The van der Waals surface area contributed by atoms with Crippen molar-refractivity contribution in [3.05, 3.63) is 47.5 Å². The van der Waals surface area contributed by atoms with Crippen LogP contribution < -0.4 is 11.1 Å². The van der Waals surface area contributed by atoms with Gasteiger partial charge in [-0.3, -0.25) is 4.79 Å². The summed E-state index contributed by atoms with van der Waals surface area (Å²) in [6.45, 7) is 2.66. The summed E-state index contributed by atoms with van der Waals surface area (Å²) in [5.74, 6) is -1.27. The van der Waals surface area contributed by atoms with Gasteiger partial charge in [0.2, 0.25) is 0 Å². The molecule has 21 heavy (non-hydrogen) atoms. The van der Waals surface area contributed by atoms with Gasteiger partial charge < -0.3 is 20.7 Å². The van der Waals surface area contributed by atoms with Crippen LogP contribution in [0.3, 0.4) is 0 Å². The highest BCUT2D eigenvalue weighted by Gasteiger charge is 2.08. The first-order valence-electron chi connectivity index (χ1n) is 6.37. The molecule has 0 aliphatic heterocycles. The number of benzene rings is 1. The van der Waals surface area contributed by atoms with Crippen LogP contribution in [0, 0.1) is 6.92 Å². The number of aromatic nitrogens is 2. The van der Waals surface area contributed by atoms with Crippen molar-refractivity contribution in [3.63, 3.8) is 0 Å². The fourth-order valence-electron chi connectivity index (χ4n) is 1.81. The molecule has 1 amide bonds. The van der Waals surface area contributed by atoms with Crippen LogP contribution in [0.25, 0.3) is 0 Å². The molecular weight excluding hydrogens is 272 g/mol. The Morgan fingerprint density at radius 1 is 1.43 bits per heavy atom. The Hall–Kier alpha value is -2.83. The van der Waals surface area contributed by atoms with Gasteiger partial charge in [-0.1, -0.05) is 0 Å². The van der Waals surface area contributed by atoms with Gasteiger partial charge in [0.15, 0.2) is 5.69 Å². The van der Waals surface area contributed by atoms with Gasteiger partial charge in [0, 0.05) is 30.5 Å². The van der Waals surface area contributed by atoms with Gasteiger partial charge in [0.05, 0.1) is 6.33 Å². The highest BCUT2D eigenvalue weighted by Crippen LogP contribution is 2.12. The number of nitrogen functional groups attached to an aromatic ring is 1. The lowest BCUT2D eigenvalue weighted by atomic mass is 10.1. The minimum absolute atomic E-state index is 0.0181. The number of hydrogen-bond acceptors (Lipinski definition) is 4. The number of carboxylic acid groups (broad SMARTS) is 1. The Bertz CT molecular complexity index is 679. The zero-order valence-electron chi connectivity index (χ0n) is 11.5. The lowest BCUT2D eigenvalue weighted by molar-refractivity contribution is 0.0690. The summed E-state index contributed by atoms with van der Waals surface area (Å²) in [6, 6.07) is 5.08. The van der Waals surface area contributed by atoms with Crippen molar-refractivity contribution in [2.24, 2.45) is 0 Å². The fourth-order valence-corrected chi connectivity index (χ4v) is 1.81. The third-order valence-corrected chi connectivity index (χ3v) is 3.04. The fraction of sp³-hybridized carbons (Fsp3) is 0.214. The molecule has 2 rings (SSSR count). The predicted octanol–water partition coefficient (Wildman–Crippen LogP) is 0.902. The number of hydrogen-bond donors (Lipinski definition) is 3. The first-order chi connectivity index (χ1) is 9.97. The van der Waals surface area contributed by atoms with Gasteiger partial charge in [-0.05, 0) is 30.7 Å². The first kappa shape index (κ1) is 14.6. The van der Waals surface area contributed by atoms with Gasteiger partial charge in [-0.25, -0.2) is 9.78 Å². The Morgan fingerprint density at radius 3 is 2.81 bits per heavy atom. The quantitative estimate of drug-likeness (QED) is 0.708. The summed E-state index contributed by atoms with van der Waals surface area (Å²) in [5.41, 5.74) is 7.72. The van der Waals surface area contributed by atoms with E-state index >= 15 is 0 Å². The minimum atomic E-state index is -1.07. The molecule has 1 heterocycles. The highest BCUT2D eigenvalue weighted by molar-refractivity contribution is 5.94. The molecule has 0 atom stereocenters. The van der Waals surface area contributed by atoms with Gasteiger partial charge in [-0.2, -0.15) is 0 Å². The molecule has 0 saturated carbocycles. The molecule has 0 spiro atoms. The second-order valence-electron chi connectivity index (χ2n) is 4.63. The molecule has 1 aromatic carbocycles. The van der Waals surface area contributed by atoms with E-state index in [0.29, 0.717) is 24.3 Å². The van der Waals surface area contributed by atoms with Crippen LogP contribution in [0.5, 0.6) is 0 Å². The number of anilines is 1. The zero-order chi connectivity index (χ0) is 15.4. The summed E-state index contributed by atoms with van der Waals surface area (Å²) >= 11 is 0. The monoisotopic (exact) mass is 288 g/mol. The van der Waals surface area contributed by atoms with Crippen molar-refractivity contribution < 1.29 is 14.7 Å². The Kier molecular flexibility index (Phi) is 4.22. The van der Waals surface area contributed by atoms with E-state index in [1.54, 1.807) is 22.8 Å². The SMILES string of the molecule is Cc1cc(C(=O)NCCn2cnc(C(=O)O)c2)ccc1N. The molecule has 0 fully saturated rings. The van der Waals surface area contributed by atoms with Gasteiger partial charge in [0.25, 0.3) is 5.91 Å². The molecule has 0 aliphatic rings. The maximum Gasteiger partial charge on any atom is 0.356 e. The van der Waals surface area contributed by atoms with Gasteiger partial charge in [-0.15, -0.1) is 0 Å². The average Bonchev–Trinajstić information content (AvgIpc) is 2.91. The summed E-state index contributed by atoms with van der Waals surface area (Å²) in [5, 5.41) is 11.5. The molecule has 7 heteroatoms. The number of nitrogens with two attached hydrogens (primary N) is 1. The molecule has 4 N–H and O–H groups in total. The lowest BCUT2D eigenvalue weighted by Gasteiger charge is -2.07. The van der Waals surface area contributed by atoms with Crippen LogP contribution in [0.1, 0.15) is 26.4 Å². The van der Waals surface area contributed by atoms with Crippen LogP contribution in [0.4, 0.5) is 5.69 Å². The maximum absolute atomic E-state index is 11.9. The van der Waals surface area contributed by atoms with E-state index in [1.807, 2.05) is 6.92 Å². The standard InChI is InChI=1S/C14H16N4O3/c1-9-6-10(2-3-11(9)15)13(19)16-4-5-18-7-12(14(20)21)17-8-18/h2-3,6-8H,4-5,15H2,1H3,(H,16,19)(H,20,21). The molecule has 7 nitrogen and oxygen atoms in total. The van der Waals surface area contributed by atoms with Gasteiger partial charge >= 0.3 is 5.97 Å². The molecule has 1 aromatic heterocycles. The Labute approximate surface area is 121 Å².